The monoisotopic (exact) mass is 371 g/mol. The molecule has 8 nitrogen and oxygen atoms in total. The number of esters is 1. The van der Waals surface area contributed by atoms with E-state index in [-0.39, 0.29) is 16.7 Å². The highest BCUT2D eigenvalue weighted by Crippen LogP contribution is 2.29. The van der Waals surface area contributed by atoms with Crippen molar-refractivity contribution in [3.05, 3.63) is 17.6 Å². The molecule has 2 aliphatic rings. The summed E-state index contributed by atoms with van der Waals surface area (Å²) in [5.41, 5.74) is 0. The molecule has 0 aromatic carbocycles. The minimum absolute atomic E-state index is 0.0734. The van der Waals surface area contributed by atoms with Crippen LogP contribution in [-0.4, -0.2) is 76.0 Å². The summed E-state index contributed by atoms with van der Waals surface area (Å²) in [5.74, 6) is -0.446. The van der Waals surface area contributed by atoms with E-state index in [1.807, 2.05) is 0 Å². The van der Waals surface area contributed by atoms with Crippen LogP contribution in [0.2, 0.25) is 0 Å². The molecular weight excluding hydrogens is 346 g/mol. The van der Waals surface area contributed by atoms with E-state index in [0.29, 0.717) is 25.3 Å². The van der Waals surface area contributed by atoms with Gasteiger partial charge in [0.15, 0.2) is 0 Å². The van der Waals surface area contributed by atoms with Crippen LogP contribution in [0.15, 0.2) is 15.4 Å². The Morgan fingerprint density at radius 3 is 2.72 bits per heavy atom. The number of hydrogen-bond donors (Lipinski definition) is 1. The van der Waals surface area contributed by atoms with Gasteiger partial charge in [0.25, 0.3) is 0 Å². The Hall–Kier alpha value is -1.42. The van der Waals surface area contributed by atoms with Crippen molar-refractivity contribution in [1.82, 2.24) is 14.5 Å². The van der Waals surface area contributed by atoms with Crippen molar-refractivity contribution in [2.45, 2.75) is 30.7 Å². The fourth-order valence-electron chi connectivity index (χ4n) is 3.49. The van der Waals surface area contributed by atoms with Gasteiger partial charge in [0.05, 0.1) is 7.11 Å². The summed E-state index contributed by atoms with van der Waals surface area (Å²) in [6, 6.07) is 1.53. The molecule has 1 unspecified atom stereocenters. The average molecular weight is 371 g/mol. The topological polar surface area (TPSA) is 92.1 Å². The summed E-state index contributed by atoms with van der Waals surface area (Å²) >= 11 is 0. The molecule has 1 atom stereocenters. The van der Waals surface area contributed by atoms with Gasteiger partial charge >= 0.3 is 5.97 Å². The van der Waals surface area contributed by atoms with Crippen molar-refractivity contribution in [1.29, 1.82) is 0 Å². The summed E-state index contributed by atoms with van der Waals surface area (Å²) in [4.78, 5) is 14.1. The molecule has 3 rings (SSSR count). The lowest BCUT2D eigenvalue weighted by Gasteiger charge is -2.32. The summed E-state index contributed by atoms with van der Waals surface area (Å²) in [7, 11) is -2.45. The number of ether oxygens (including phenoxy) is 1. The van der Waals surface area contributed by atoms with Crippen molar-refractivity contribution in [3.8, 4) is 0 Å². The smallest absolute Gasteiger partial charge is 0.373 e. The lowest BCUT2D eigenvalue weighted by atomic mass is 10.2. The number of rotatable bonds is 5. The number of carbonyl (C=O) groups is 1. The van der Waals surface area contributed by atoms with Gasteiger partial charge in [-0.05, 0) is 6.42 Å². The molecule has 3 heterocycles. The largest absolute Gasteiger partial charge is 0.463 e. The second-order valence-corrected chi connectivity index (χ2v) is 8.24. The molecule has 9 heteroatoms. The normalized spacial score (nSPS) is 23.0. The Labute approximate surface area is 148 Å². The molecule has 0 saturated carbocycles. The molecule has 0 amide bonds. The van der Waals surface area contributed by atoms with Gasteiger partial charge in [-0.15, -0.1) is 0 Å². The zero-order valence-electron chi connectivity index (χ0n) is 14.7. The van der Waals surface area contributed by atoms with Crippen molar-refractivity contribution in [2.24, 2.45) is 0 Å². The number of piperazine rings is 1. The predicted molar refractivity (Wildman–Crippen MR) is 91.0 cm³/mol. The second-order valence-electron chi connectivity index (χ2n) is 6.33. The highest BCUT2D eigenvalue weighted by molar-refractivity contribution is 7.89. The Morgan fingerprint density at radius 1 is 1.36 bits per heavy atom. The van der Waals surface area contributed by atoms with Gasteiger partial charge in [-0.3, -0.25) is 4.90 Å². The van der Waals surface area contributed by atoms with Gasteiger partial charge in [0.1, 0.15) is 10.7 Å². The molecule has 140 valence electrons. The van der Waals surface area contributed by atoms with Crippen LogP contribution in [0.25, 0.3) is 0 Å². The number of nitrogens with one attached hydrogen (secondary N) is 1. The minimum Gasteiger partial charge on any atom is -0.463 e. The zero-order valence-corrected chi connectivity index (χ0v) is 15.5. The van der Waals surface area contributed by atoms with Gasteiger partial charge in [-0.2, -0.15) is 4.31 Å². The first-order valence-electron chi connectivity index (χ1n) is 8.63. The van der Waals surface area contributed by atoms with E-state index in [9.17, 15) is 13.2 Å². The van der Waals surface area contributed by atoms with Crippen LogP contribution in [0, 0.1) is 0 Å². The Kier molecular flexibility index (Phi) is 5.47. The standard InChI is InChI=1S/C16H25N3O5S/c1-3-13-15(10-14(24-13)16(20)23-2)25(21,22)19-7-4-12(11-19)18-8-5-17-6-9-18/h10,12,17H,3-9,11H2,1-2H3. The van der Waals surface area contributed by atoms with Gasteiger partial charge < -0.3 is 14.5 Å². The van der Waals surface area contributed by atoms with Gasteiger partial charge in [0.2, 0.25) is 15.8 Å². The first kappa shape index (κ1) is 18.4. The number of aryl methyl sites for hydroxylation is 1. The van der Waals surface area contributed by atoms with Crippen LogP contribution in [0.1, 0.15) is 29.7 Å². The van der Waals surface area contributed by atoms with E-state index in [0.717, 1.165) is 32.6 Å². The molecule has 1 aromatic rings. The number of sulfonamides is 1. The van der Waals surface area contributed by atoms with E-state index in [1.165, 1.54) is 17.5 Å². The Bertz CT molecular complexity index is 724. The molecule has 2 saturated heterocycles. The third kappa shape index (κ3) is 3.59. The lowest BCUT2D eigenvalue weighted by molar-refractivity contribution is 0.0563. The summed E-state index contributed by atoms with van der Waals surface area (Å²) < 4.78 is 37.6. The van der Waals surface area contributed by atoms with Gasteiger partial charge in [-0.1, -0.05) is 6.92 Å². The highest BCUT2D eigenvalue weighted by Gasteiger charge is 2.38. The summed E-state index contributed by atoms with van der Waals surface area (Å²) in [6.45, 7) is 6.52. The third-order valence-electron chi connectivity index (χ3n) is 4.89. The first-order valence-corrected chi connectivity index (χ1v) is 10.1. The van der Waals surface area contributed by atoms with E-state index < -0.39 is 16.0 Å². The molecule has 0 radical (unpaired) electrons. The van der Waals surface area contributed by atoms with Crippen LogP contribution in [-0.2, 0) is 21.2 Å². The number of hydrogen-bond acceptors (Lipinski definition) is 7. The number of methoxy groups -OCH3 is 1. The van der Waals surface area contributed by atoms with Gasteiger partial charge in [-0.25, -0.2) is 13.2 Å². The molecule has 25 heavy (non-hydrogen) atoms. The fourth-order valence-corrected chi connectivity index (χ4v) is 5.21. The van der Waals surface area contributed by atoms with Crippen LogP contribution >= 0.6 is 0 Å². The lowest BCUT2D eigenvalue weighted by Crippen LogP contribution is -2.49. The van der Waals surface area contributed by atoms with Crippen molar-refractivity contribution >= 4 is 16.0 Å². The van der Waals surface area contributed by atoms with Gasteiger partial charge in [0, 0.05) is 57.8 Å². The van der Waals surface area contributed by atoms with Crippen molar-refractivity contribution in [3.63, 3.8) is 0 Å². The van der Waals surface area contributed by atoms with Crippen LogP contribution in [0.5, 0.6) is 0 Å². The van der Waals surface area contributed by atoms with E-state index in [2.05, 4.69) is 15.0 Å². The zero-order chi connectivity index (χ0) is 18.0. The summed E-state index contributed by atoms with van der Waals surface area (Å²) in [5, 5.41) is 3.31. The third-order valence-corrected chi connectivity index (χ3v) is 6.80. The highest BCUT2D eigenvalue weighted by atomic mass is 32.2. The van der Waals surface area contributed by atoms with Crippen molar-refractivity contribution < 1.29 is 22.4 Å². The van der Waals surface area contributed by atoms with E-state index in [4.69, 9.17) is 4.42 Å². The van der Waals surface area contributed by atoms with Crippen LogP contribution < -0.4 is 5.32 Å². The van der Waals surface area contributed by atoms with Crippen LogP contribution in [0.4, 0.5) is 0 Å². The maximum absolute atomic E-state index is 13.0. The predicted octanol–water partition coefficient (Wildman–Crippen LogP) is 0.297. The molecule has 0 spiro atoms. The maximum Gasteiger partial charge on any atom is 0.373 e. The van der Waals surface area contributed by atoms with E-state index in [1.54, 1.807) is 6.92 Å². The molecule has 1 aromatic heterocycles. The maximum atomic E-state index is 13.0. The summed E-state index contributed by atoms with van der Waals surface area (Å²) in [6.07, 6.45) is 1.21. The number of furan rings is 1. The number of carbonyl (C=O) groups excluding carboxylic acids is 1. The quantitative estimate of drug-likeness (QED) is 0.744. The molecule has 1 N–H and O–H groups in total. The van der Waals surface area contributed by atoms with E-state index >= 15 is 0 Å². The Morgan fingerprint density at radius 2 is 2.08 bits per heavy atom. The average Bonchev–Trinajstić information content (AvgIpc) is 3.29. The van der Waals surface area contributed by atoms with Crippen molar-refractivity contribution in [2.75, 3.05) is 46.4 Å². The SMILES string of the molecule is CCc1oc(C(=O)OC)cc1S(=O)(=O)N1CCC(N2CCNCC2)C1. The molecule has 0 aliphatic carbocycles. The fraction of sp³-hybridized carbons (Fsp3) is 0.688. The first-order chi connectivity index (χ1) is 12.0. The Balaban J connectivity index is 1.80. The minimum atomic E-state index is -3.68. The molecule has 0 bridgehead atoms. The van der Waals surface area contributed by atoms with Crippen LogP contribution in [0.3, 0.4) is 0 Å². The molecule has 2 aliphatic heterocycles. The molecule has 2 fully saturated rings. The second kappa shape index (κ2) is 7.45. The molecular formula is C16H25N3O5S. The number of nitrogens with zero attached hydrogens (tertiary/aromatic N) is 2.